The second-order valence-electron chi connectivity index (χ2n) is 17.6. The molecule has 368 valence electrons. The molecular formula is C49H60N8O10S2. The summed E-state index contributed by atoms with van der Waals surface area (Å²) < 4.78 is 87.0. The number of sulfonamides is 2. The highest BCUT2D eigenvalue weighted by Crippen LogP contribution is 2.28. The fourth-order valence-corrected chi connectivity index (χ4v) is 10.0. The molecule has 6 aromatic rings. The van der Waals surface area contributed by atoms with Crippen molar-refractivity contribution in [2.45, 2.75) is 74.7 Å². The van der Waals surface area contributed by atoms with Gasteiger partial charge in [0.05, 0.1) is 40.5 Å². The van der Waals surface area contributed by atoms with Crippen LogP contribution in [0, 0.1) is 0 Å². The van der Waals surface area contributed by atoms with E-state index in [1.807, 2.05) is 93.6 Å². The van der Waals surface area contributed by atoms with Gasteiger partial charge in [-0.25, -0.2) is 21.6 Å². The van der Waals surface area contributed by atoms with Gasteiger partial charge in [0.25, 0.3) is 20.0 Å². The van der Waals surface area contributed by atoms with Crippen LogP contribution in [0.25, 0.3) is 0 Å². The van der Waals surface area contributed by atoms with Crippen molar-refractivity contribution in [3.8, 4) is 23.0 Å². The summed E-state index contributed by atoms with van der Waals surface area (Å²) in [6, 6.07) is 32.5. The van der Waals surface area contributed by atoms with Crippen LogP contribution in [0.3, 0.4) is 0 Å². The molecule has 18 nitrogen and oxygen atoms in total. The number of carbonyl (C=O) groups excluding carboxylic acids is 1. The molecule has 8 rings (SSSR count). The second kappa shape index (κ2) is 21.9. The maximum Gasteiger partial charge on any atom is 0.410 e. The number of amides is 1. The Labute approximate surface area is 404 Å². The van der Waals surface area contributed by atoms with E-state index in [2.05, 4.69) is 15.5 Å². The molecule has 0 bridgehead atoms. The minimum atomic E-state index is -3.95. The monoisotopic (exact) mass is 984 g/mol. The van der Waals surface area contributed by atoms with Crippen LogP contribution < -0.4 is 24.3 Å². The lowest BCUT2D eigenvalue weighted by Gasteiger charge is -2.39. The van der Waals surface area contributed by atoms with Crippen molar-refractivity contribution in [2.75, 3.05) is 54.6 Å². The highest BCUT2D eigenvalue weighted by Gasteiger charge is 2.37. The van der Waals surface area contributed by atoms with Gasteiger partial charge in [-0.3, -0.25) is 9.36 Å². The van der Waals surface area contributed by atoms with Crippen LogP contribution in [0.5, 0.6) is 23.0 Å². The summed E-state index contributed by atoms with van der Waals surface area (Å²) in [5, 5.41) is 12.0. The van der Waals surface area contributed by atoms with Crippen LogP contribution in [0.2, 0.25) is 0 Å². The Morgan fingerprint density at radius 3 is 1.14 bits per heavy atom. The maximum atomic E-state index is 13.8. The molecule has 4 aromatic carbocycles. The Bertz CT molecular complexity index is 2740. The molecule has 0 unspecified atom stereocenters. The van der Waals surface area contributed by atoms with Gasteiger partial charge in [0, 0.05) is 64.8 Å². The SMILES string of the molecule is COc1ccc(CN(Cc2ccc(OC)cc2)S(=O)(=O)c2ccn(C3CN(C(=O)OC(C)(C)C)C3)n2)cc1.COc1ccc(CN(Cc2ccc(OC)cc2)S(=O)(=O)c2ccn(C3CNC3)n2)cc1. The minimum Gasteiger partial charge on any atom is -0.497 e. The Hall–Kier alpha value is -6.45. The van der Waals surface area contributed by atoms with E-state index in [1.54, 1.807) is 85.4 Å². The lowest BCUT2D eigenvalue weighted by atomic mass is 10.1. The summed E-state index contributed by atoms with van der Waals surface area (Å²) in [6.45, 7) is 8.58. The third kappa shape index (κ3) is 12.8. The van der Waals surface area contributed by atoms with Crippen LogP contribution >= 0.6 is 0 Å². The number of hydrogen-bond donors (Lipinski definition) is 1. The van der Waals surface area contributed by atoms with Crippen LogP contribution in [0.15, 0.2) is 132 Å². The molecule has 2 aliphatic rings. The first-order valence-corrected chi connectivity index (χ1v) is 25.2. The molecule has 0 atom stereocenters. The van der Waals surface area contributed by atoms with Crippen molar-refractivity contribution in [3.05, 3.63) is 144 Å². The van der Waals surface area contributed by atoms with Crippen molar-refractivity contribution >= 4 is 26.1 Å². The van der Waals surface area contributed by atoms with E-state index >= 15 is 0 Å². The lowest BCUT2D eigenvalue weighted by molar-refractivity contribution is -0.000554. The van der Waals surface area contributed by atoms with Crippen LogP contribution in [-0.4, -0.2) is 116 Å². The number of nitrogens with zero attached hydrogens (tertiary/aromatic N) is 7. The Morgan fingerprint density at radius 2 is 0.870 bits per heavy atom. The fourth-order valence-electron chi connectivity index (χ4n) is 7.34. The molecule has 69 heavy (non-hydrogen) atoms. The first-order chi connectivity index (χ1) is 33.0. The third-order valence-electron chi connectivity index (χ3n) is 11.5. The number of aromatic nitrogens is 4. The molecule has 2 fully saturated rings. The van der Waals surface area contributed by atoms with E-state index in [-0.39, 0.29) is 54.4 Å². The zero-order chi connectivity index (χ0) is 49.3. The highest BCUT2D eigenvalue weighted by atomic mass is 32.2. The standard InChI is InChI=1S/C27H34N4O6S.C22H26N4O4S/c1-27(2,3)37-26(32)29-18-22(19-29)31-15-14-25(28-31)38(33,34)30(16-20-6-10-23(35-4)11-7-20)17-21-8-12-24(36-5)13-9-21;1-29-20-7-3-17(4-8-20)15-25(16-18-5-9-21(30-2)10-6-18)31(27,28)22-11-12-26(24-22)19-13-23-14-19/h6-15,22H,16-19H2,1-5H3;3-12,19,23H,13-16H2,1-2H3. The molecule has 0 aliphatic carbocycles. The zero-order valence-electron chi connectivity index (χ0n) is 39.9. The first kappa shape index (κ1) is 50.4. The van der Waals surface area contributed by atoms with Crippen molar-refractivity contribution in [1.29, 1.82) is 0 Å². The fraction of sp³-hybridized carbons (Fsp3) is 0.367. The maximum absolute atomic E-state index is 13.8. The van der Waals surface area contributed by atoms with Crippen LogP contribution in [0.4, 0.5) is 4.79 Å². The average molecular weight is 985 g/mol. The smallest absolute Gasteiger partial charge is 0.410 e. The Morgan fingerprint density at radius 1 is 0.551 bits per heavy atom. The summed E-state index contributed by atoms with van der Waals surface area (Å²) in [6.07, 6.45) is 2.99. The van der Waals surface area contributed by atoms with Gasteiger partial charge in [-0.2, -0.15) is 18.8 Å². The number of ether oxygens (including phenoxy) is 5. The van der Waals surface area contributed by atoms with Crippen molar-refractivity contribution in [3.63, 3.8) is 0 Å². The van der Waals surface area contributed by atoms with Gasteiger partial charge < -0.3 is 33.9 Å². The van der Waals surface area contributed by atoms with E-state index in [1.165, 1.54) is 14.7 Å². The summed E-state index contributed by atoms with van der Waals surface area (Å²) in [5.74, 6) is 2.83. The molecule has 2 aliphatic heterocycles. The van der Waals surface area contributed by atoms with Crippen molar-refractivity contribution in [1.82, 2.24) is 38.4 Å². The molecular weight excluding hydrogens is 925 g/mol. The highest BCUT2D eigenvalue weighted by molar-refractivity contribution is 7.89. The van der Waals surface area contributed by atoms with Crippen LogP contribution in [-0.2, 0) is 51.0 Å². The molecule has 1 N–H and O–H groups in total. The molecule has 2 saturated heterocycles. The predicted molar refractivity (Wildman–Crippen MR) is 258 cm³/mol. The molecule has 0 saturated carbocycles. The molecule has 2 aromatic heterocycles. The van der Waals surface area contributed by atoms with E-state index in [0.29, 0.717) is 24.6 Å². The topological polar surface area (TPSA) is 189 Å². The van der Waals surface area contributed by atoms with Gasteiger partial charge in [-0.15, -0.1) is 0 Å². The predicted octanol–water partition coefficient (Wildman–Crippen LogP) is 6.52. The van der Waals surface area contributed by atoms with Crippen molar-refractivity contribution in [2.24, 2.45) is 0 Å². The number of likely N-dealkylation sites (tertiary alicyclic amines) is 1. The van der Waals surface area contributed by atoms with E-state index in [0.717, 1.165) is 46.8 Å². The van der Waals surface area contributed by atoms with E-state index in [9.17, 15) is 21.6 Å². The summed E-state index contributed by atoms with van der Waals surface area (Å²) in [7, 11) is -1.38. The van der Waals surface area contributed by atoms with E-state index in [4.69, 9.17) is 23.7 Å². The third-order valence-corrected chi connectivity index (χ3v) is 14.8. The van der Waals surface area contributed by atoms with Gasteiger partial charge in [0.2, 0.25) is 0 Å². The zero-order valence-corrected chi connectivity index (χ0v) is 41.5. The van der Waals surface area contributed by atoms with Crippen molar-refractivity contribution < 1.29 is 45.3 Å². The Kier molecular flexibility index (Phi) is 16.0. The summed E-state index contributed by atoms with van der Waals surface area (Å²) >= 11 is 0. The second-order valence-corrected chi connectivity index (χ2v) is 21.3. The number of methoxy groups -OCH3 is 4. The Balaban J connectivity index is 0.000000208. The van der Waals surface area contributed by atoms with Gasteiger partial charge >= 0.3 is 6.09 Å². The number of rotatable bonds is 18. The minimum absolute atomic E-state index is 0.0461. The van der Waals surface area contributed by atoms with Gasteiger partial charge in [-0.05, 0) is 104 Å². The van der Waals surface area contributed by atoms with E-state index < -0.39 is 25.6 Å². The first-order valence-electron chi connectivity index (χ1n) is 22.3. The largest absolute Gasteiger partial charge is 0.497 e. The normalized spacial score (nSPS) is 14.4. The molecule has 0 spiro atoms. The number of carbonyl (C=O) groups is 1. The molecule has 20 heteroatoms. The average Bonchev–Trinajstić information content (AvgIpc) is 4.00. The van der Waals surface area contributed by atoms with Gasteiger partial charge in [-0.1, -0.05) is 48.5 Å². The number of nitrogens with one attached hydrogen (secondary N) is 1. The quantitative estimate of drug-likeness (QED) is 0.0982. The lowest BCUT2D eigenvalue weighted by Crippen LogP contribution is -2.52. The number of benzene rings is 4. The molecule has 0 radical (unpaired) electrons. The number of hydrogen-bond acceptors (Lipinski definition) is 13. The summed E-state index contributed by atoms with van der Waals surface area (Å²) in [5.41, 5.74) is 2.77. The molecule has 4 heterocycles. The van der Waals surface area contributed by atoms with Gasteiger partial charge in [0.1, 0.15) is 28.6 Å². The molecule has 1 amide bonds. The van der Waals surface area contributed by atoms with Crippen LogP contribution in [0.1, 0.15) is 55.1 Å². The summed E-state index contributed by atoms with van der Waals surface area (Å²) in [4.78, 5) is 13.8. The van der Waals surface area contributed by atoms with Gasteiger partial charge in [0.15, 0.2) is 10.1 Å².